The van der Waals surface area contributed by atoms with Gasteiger partial charge in [0.15, 0.2) is 0 Å². The lowest BCUT2D eigenvalue weighted by molar-refractivity contribution is -0.347. The number of hydrogen-bond acceptors (Lipinski definition) is 2. The Labute approximate surface area is 189 Å². The van der Waals surface area contributed by atoms with Crippen molar-refractivity contribution in [3.8, 4) is 5.75 Å². The third-order valence-electron chi connectivity index (χ3n) is 6.35. The van der Waals surface area contributed by atoms with E-state index < -0.39 is 23.4 Å². The lowest BCUT2D eigenvalue weighted by atomic mass is 9.70. The third kappa shape index (κ3) is 4.90. The van der Waals surface area contributed by atoms with Gasteiger partial charge in [-0.05, 0) is 66.6 Å². The molecule has 8 heteroatoms. The van der Waals surface area contributed by atoms with Crippen LogP contribution in [0, 0.1) is 13.8 Å². The van der Waals surface area contributed by atoms with Crippen LogP contribution in [0.2, 0.25) is 0 Å². The van der Waals surface area contributed by atoms with E-state index in [-0.39, 0.29) is 11.6 Å². The largest absolute Gasteiger partial charge is 0.496 e. The zero-order valence-corrected chi connectivity index (χ0v) is 19.2. The van der Waals surface area contributed by atoms with Gasteiger partial charge in [0.05, 0.1) is 7.11 Å². The van der Waals surface area contributed by atoms with Gasteiger partial charge in [-0.15, -0.1) is 0 Å². The summed E-state index contributed by atoms with van der Waals surface area (Å²) in [6.07, 6.45) is -9.92. The van der Waals surface area contributed by atoms with E-state index in [4.69, 9.17) is 4.74 Å². The van der Waals surface area contributed by atoms with E-state index >= 15 is 0 Å². The summed E-state index contributed by atoms with van der Waals surface area (Å²) < 4.78 is 83.1. The Morgan fingerprint density at radius 1 is 0.818 bits per heavy atom. The van der Waals surface area contributed by atoms with E-state index in [1.807, 2.05) is 39.0 Å². The molecule has 1 N–H and O–H groups in total. The average molecular weight is 474 g/mol. The minimum atomic E-state index is -5.90. The Hall–Kier alpha value is -2.48. The molecule has 0 atom stereocenters. The summed E-state index contributed by atoms with van der Waals surface area (Å²) in [6.45, 7) is 7.59. The number of methoxy groups -OCH3 is 1. The van der Waals surface area contributed by atoms with Gasteiger partial charge < -0.3 is 9.84 Å². The Morgan fingerprint density at radius 2 is 1.30 bits per heavy atom. The summed E-state index contributed by atoms with van der Waals surface area (Å²) in [5.41, 5.74) is -1.79. The van der Waals surface area contributed by atoms with E-state index in [1.165, 1.54) is 6.07 Å². The number of hydrogen-bond donors (Lipinski definition) is 1. The normalized spacial score (nSPS) is 13.6. The van der Waals surface area contributed by atoms with Gasteiger partial charge in [0, 0.05) is 5.41 Å². The smallest absolute Gasteiger partial charge is 0.430 e. The number of alkyl halides is 6. The van der Waals surface area contributed by atoms with Crippen molar-refractivity contribution in [3.05, 3.63) is 70.3 Å². The third-order valence-corrected chi connectivity index (χ3v) is 6.35. The van der Waals surface area contributed by atoms with Crippen molar-refractivity contribution in [2.75, 3.05) is 7.11 Å². The molecule has 0 fully saturated rings. The summed E-state index contributed by atoms with van der Waals surface area (Å²) >= 11 is 0. The maximum Gasteiger partial charge on any atom is 0.430 e. The van der Waals surface area contributed by atoms with Crippen LogP contribution in [0.1, 0.15) is 54.5 Å². The van der Waals surface area contributed by atoms with Gasteiger partial charge >= 0.3 is 12.4 Å². The van der Waals surface area contributed by atoms with E-state index in [0.29, 0.717) is 11.6 Å². The molecule has 2 nitrogen and oxygen atoms in total. The van der Waals surface area contributed by atoms with Crippen LogP contribution in [0.3, 0.4) is 0 Å². The molecule has 0 aromatic heterocycles. The van der Waals surface area contributed by atoms with Crippen molar-refractivity contribution >= 4 is 6.08 Å². The lowest BCUT2D eigenvalue weighted by Crippen LogP contribution is -2.55. The average Bonchev–Trinajstić information content (AvgIpc) is 2.72. The standard InChI is InChI=1S/C25H28F6O2/c1-6-22(7-2,20-10-11-21(33-5)17(4)15-20)19-9-8-18(16(3)14-19)12-13-23(32,24(26,27)28)25(29,30)31/h8-15,32H,6-7H2,1-5H3/b13-12+. The fourth-order valence-electron chi connectivity index (χ4n) is 4.13. The van der Waals surface area contributed by atoms with Crippen molar-refractivity contribution in [2.45, 2.75) is 63.9 Å². The maximum atomic E-state index is 13.0. The van der Waals surface area contributed by atoms with Crippen LogP contribution >= 0.6 is 0 Å². The number of rotatable bonds is 7. The molecular weight excluding hydrogens is 446 g/mol. The molecule has 0 saturated carbocycles. The van der Waals surface area contributed by atoms with Gasteiger partial charge in [0.1, 0.15) is 5.75 Å². The molecule has 0 heterocycles. The number of halogens is 6. The van der Waals surface area contributed by atoms with Gasteiger partial charge in [-0.1, -0.05) is 50.3 Å². The first-order valence-corrected chi connectivity index (χ1v) is 10.5. The monoisotopic (exact) mass is 474 g/mol. The predicted molar refractivity (Wildman–Crippen MR) is 116 cm³/mol. The van der Waals surface area contributed by atoms with E-state index in [0.717, 1.165) is 35.3 Å². The Kier molecular flexibility index (Phi) is 7.63. The zero-order chi connectivity index (χ0) is 25.2. The molecule has 33 heavy (non-hydrogen) atoms. The first-order chi connectivity index (χ1) is 15.2. The van der Waals surface area contributed by atoms with E-state index in [9.17, 15) is 31.4 Å². The molecule has 0 unspecified atom stereocenters. The van der Waals surface area contributed by atoms with Gasteiger partial charge in [-0.3, -0.25) is 0 Å². The first-order valence-electron chi connectivity index (χ1n) is 10.5. The van der Waals surface area contributed by atoms with Crippen LogP contribution in [0.25, 0.3) is 6.08 Å². The molecule has 0 amide bonds. The summed E-state index contributed by atoms with van der Waals surface area (Å²) in [5, 5.41) is 9.37. The van der Waals surface area contributed by atoms with Crippen molar-refractivity contribution in [2.24, 2.45) is 0 Å². The highest BCUT2D eigenvalue weighted by atomic mass is 19.4. The molecule has 182 valence electrons. The summed E-state index contributed by atoms with van der Waals surface area (Å²) in [4.78, 5) is 0. The summed E-state index contributed by atoms with van der Waals surface area (Å²) in [7, 11) is 1.59. The fraction of sp³-hybridized carbons (Fsp3) is 0.440. The minimum Gasteiger partial charge on any atom is -0.496 e. The second-order valence-electron chi connectivity index (χ2n) is 8.14. The second kappa shape index (κ2) is 9.41. The molecule has 2 aromatic rings. The van der Waals surface area contributed by atoms with Crippen LogP contribution in [0.4, 0.5) is 26.3 Å². The number of aryl methyl sites for hydroxylation is 2. The number of benzene rings is 2. The van der Waals surface area contributed by atoms with Crippen molar-refractivity contribution in [1.29, 1.82) is 0 Å². The van der Waals surface area contributed by atoms with E-state index in [1.54, 1.807) is 26.2 Å². The predicted octanol–water partition coefficient (Wildman–Crippen LogP) is 7.29. The van der Waals surface area contributed by atoms with E-state index in [2.05, 4.69) is 0 Å². The molecule has 0 aliphatic carbocycles. The molecule has 2 rings (SSSR count). The molecule has 2 aromatic carbocycles. The molecule has 0 saturated heterocycles. The summed E-state index contributed by atoms with van der Waals surface area (Å²) in [5.74, 6) is 0.748. The van der Waals surface area contributed by atoms with Crippen molar-refractivity contribution < 1.29 is 36.2 Å². The topological polar surface area (TPSA) is 29.5 Å². The highest BCUT2D eigenvalue weighted by molar-refractivity contribution is 5.57. The van der Waals surface area contributed by atoms with Crippen LogP contribution in [-0.4, -0.2) is 30.2 Å². The number of aliphatic hydroxyl groups is 1. The van der Waals surface area contributed by atoms with Crippen LogP contribution in [-0.2, 0) is 5.41 Å². The van der Waals surface area contributed by atoms with Gasteiger partial charge in [0.25, 0.3) is 5.60 Å². The Balaban J connectivity index is 2.54. The highest BCUT2D eigenvalue weighted by Crippen LogP contribution is 2.45. The highest BCUT2D eigenvalue weighted by Gasteiger charge is 2.68. The fourth-order valence-corrected chi connectivity index (χ4v) is 4.13. The zero-order valence-electron chi connectivity index (χ0n) is 19.2. The van der Waals surface area contributed by atoms with Crippen LogP contribution in [0.15, 0.2) is 42.5 Å². The molecular formula is C25H28F6O2. The van der Waals surface area contributed by atoms with Gasteiger partial charge in [-0.25, -0.2) is 0 Å². The van der Waals surface area contributed by atoms with Crippen LogP contribution < -0.4 is 4.74 Å². The van der Waals surface area contributed by atoms with Crippen molar-refractivity contribution in [1.82, 2.24) is 0 Å². The van der Waals surface area contributed by atoms with Gasteiger partial charge in [-0.2, -0.15) is 26.3 Å². The minimum absolute atomic E-state index is 0.151. The van der Waals surface area contributed by atoms with Gasteiger partial charge in [0.2, 0.25) is 0 Å². The Bertz CT molecular complexity index is 987. The first kappa shape index (κ1) is 26.8. The molecule has 0 aliphatic heterocycles. The second-order valence-corrected chi connectivity index (χ2v) is 8.14. The number of ether oxygens (including phenoxy) is 1. The molecule has 0 spiro atoms. The SMILES string of the molecule is CCC(CC)(c1ccc(/C=C/C(O)(C(F)(F)F)C(F)(F)F)c(C)c1)c1ccc(OC)c(C)c1. The molecule has 0 radical (unpaired) electrons. The van der Waals surface area contributed by atoms with Crippen LogP contribution in [0.5, 0.6) is 5.75 Å². The Morgan fingerprint density at radius 3 is 1.70 bits per heavy atom. The maximum absolute atomic E-state index is 13.0. The molecule has 0 bridgehead atoms. The van der Waals surface area contributed by atoms with Crippen molar-refractivity contribution in [3.63, 3.8) is 0 Å². The molecule has 0 aliphatic rings. The summed E-state index contributed by atoms with van der Waals surface area (Å²) in [6, 6.07) is 10.8. The quantitative estimate of drug-likeness (QED) is 0.427. The lowest BCUT2D eigenvalue weighted by Gasteiger charge is -2.34.